The third-order valence-corrected chi connectivity index (χ3v) is 0.922. The van der Waals surface area contributed by atoms with E-state index in [4.69, 9.17) is 26.8 Å². The zero-order valence-electron chi connectivity index (χ0n) is 5.15. The molecule has 0 saturated heterocycles. The zero-order valence-corrected chi connectivity index (χ0v) is 5.15. The van der Waals surface area contributed by atoms with Crippen molar-refractivity contribution >= 4 is 0 Å². The minimum absolute atomic E-state index is 1.15. The molecule has 56 valence electrons. The third kappa shape index (κ3) is 2.73. The van der Waals surface area contributed by atoms with Crippen LogP contribution in [0.5, 0.6) is 0 Å². The SMILES string of the molecule is CC(N)(O)C(O)C(N)O. The third-order valence-electron chi connectivity index (χ3n) is 0.922. The van der Waals surface area contributed by atoms with Gasteiger partial charge in [-0.15, -0.1) is 0 Å². The highest BCUT2D eigenvalue weighted by atomic mass is 16.4. The highest BCUT2D eigenvalue weighted by molar-refractivity contribution is 4.77. The van der Waals surface area contributed by atoms with Crippen LogP contribution in [-0.2, 0) is 0 Å². The summed E-state index contributed by atoms with van der Waals surface area (Å²) in [6, 6.07) is 0. The van der Waals surface area contributed by atoms with E-state index in [1.54, 1.807) is 0 Å². The minimum Gasteiger partial charge on any atom is -0.385 e. The lowest BCUT2D eigenvalue weighted by molar-refractivity contribution is -0.110. The quantitative estimate of drug-likeness (QED) is 0.265. The highest BCUT2D eigenvalue weighted by Gasteiger charge is 2.29. The first-order valence-corrected chi connectivity index (χ1v) is 2.48. The van der Waals surface area contributed by atoms with E-state index in [9.17, 15) is 0 Å². The fraction of sp³-hybridized carbons (Fsp3) is 1.00. The van der Waals surface area contributed by atoms with Gasteiger partial charge in [-0.1, -0.05) is 0 Å². The van der Waals surface area contributed by atoms with E-state index in [1.807, 2.05) is 0 Å². The Morgan fingerprint density at radius 1 is 1.44 bits per heavy atom. The molecule has 0 amide bonds. The van der Waals surface area contributed by atoms with Crippen molar-refractivity contribution in [2.45, 2.75) is 25.0 Å². The zero-order chi connectivity index (χ0) is 7.65. The average Bonchev–Trinajstić information content (AvgIpc) is 1.62. The Kier molecular flexibility index (Phi) is 2.53. The lowest BCUT2D eigenvalue weighted by Gasteiger charge is -2.25. The second-order valence-corrected chi connectivity index (χ2v) is 2.16. The fourth-order valence-corrected chi connectivity index (χ4v) is 0.346. The van der Waals surface area contributed by atoms with Gasteiger partial charge in [0.2, 0.25) is 0 Å². The van der Waals surface area contributed by atoms with Crippen molar-refractivity contribution in [3.05, 3.63) is 0 Å². The molecule has 0 bridgehead atoms. The first-order chi connectivity index (χ1) is 3.85. The summed E-state index contributed by atoms with van der Waals surface area (Å²) in [4.78, 5) is 0. The maximum absolute atomic E-state index is 8.74. The van der Waals surface area contributed by atoms with Gasteiger partial charge in [0.25, 0.3) is 0 Å². The van der Waals surface area contributed by atoms with Crippen LogP contribution >= 0.6 is 0 Å². The van der Waals surface area contributed by atoms with Crippen LogP contribution in [0.2, 0.25) is 0 Å². The second-order valence-electron chi connectivity index (χ2n) is 2.16. The molecule has 0 rings (SSSR count). The number of nitrogens with two attached hydrogens (primary N) is 2. The van der Waals surface area contributed by atoms with Gasteiger partial charge in [-0.05, 0) is 6.92 Å². The van der Waals surface area contributed by atoms with Gasteiger partial charge in [0.05, 0.1) is 0 Å². The van der Waals surface area contributed by atoms with E-state index >= 15 is 0 Å². The number of aliphatic hydroxyl groups excluding tert-OH is 2. The predicted octanol–water partition coefficient (Wildman–Crippen LogP) is -2.71. The van der Waals surface area contributed by atoms with Crippen LogP contribution in [0.1, 0.15) is 6.92 Å². The maximum Gasteiger partial charge on any atom is 0.140 e. The van der Waals surface area contributed by atoms with E-state index in [0.717, 1.165) is 6.92 Å². The lowest BCUT2D eigenvalue weighted by atomic mass is 10.1. The van der Waals surface area contributed by atoms with Gasteiger partial charge >= 0.3 is 0 Å². The second kappa shape index (κ2) is 2.59. The summed E-state index contributed by atoms with van der Waals surface area (Å²) in [5, 5.41) is 25.9. The molecule has 0 aromatic rings. The van der Waals surface area contributed by atoms with E-state index in [0.29, 0.717) is 0 Å². The number of rotatable bonds is 2. The molecule has 3 atom stereocenters. The fourth-order valence-electron chi connectivity index (χ4n) is 0.346. The molecule has 0 radical (unpaired) electrons. The first kappa shape index (κ1) is 8.80. The molecule has 0 aliphatic carbocycles. The Morgan fingerprint density at radius 2 is 1.78 bits per heavy atom. The molecule has 0 spiro atoms. The smallest absolute Gasteiger partial charge is 0.140 e. The molecule has 0 saturated carbocycles. The van der Waals surface area contributed by atoms with Crippen LogP contribution < -0.4 is 11.5 Å². The molecule has 7 N–H and O–H groups in total. The predicted molar refractivity (Wildman–Crippen MR) is 31.0 cm³/mol. The van der Waals surface area contributed by atoms with Gasteiger partial charge in [0.1, 0.15) is 18.1 Å². The Labute approximate surface area is 52.9 Å². The largest absolute Gasteiger partial charge is 0.385 e. The summed E-state index contributed by atoms with van der Waals surface area (Å²) < 4.78 is 0. The van der Waals surface area contributed by atoms with Crippen LogP contribution in [0, 0.1) is 0 Å². The van der Waals surface area contributed by atoms with Gasteiger partial charge < -0.3 is 26.8 Å². The molecule has 0 heterocycles. The Balaban J connectivity index is 3.88. The van der Waals surface area contributed by atoms with E-state index in [2.05, 4.69) is 0 Å². The molecule has 0 aliphatic heterocycles. The van der Waals surface area contributed by atoms with Crippen molar-refractivity contribution in [3.63, 3.8) is 0 Å². The van der Waals surface area contributed by atoms with E-state index in [-0.39, 0.29) is 0 Å². The molecule has 0 aromatic carbocycles. The van der Waals surface area contributed by atoms with E-state index < -0.39 is 18.1 Å². The molecule has 5 nitrogen and oxygen atoms in total. The summed E-state index contributed by atoms with van der Waals surface area (Å²) in [6.45, 7) is 1.15. The molecular formula is C4H12N2O3. The van der Waals surface area contributed by atoms with Crippen molar-refractivity contribution < 1.29 is 15.3 Å². The van der Waals surface area contributed by atoms with Gasteiger partial charge in [-0.3, -0.25) is 0 Å². The standard InChI is InChI=1S/C4H12N2O3/c1-4(6,9)2(7)3(5)8/h2-3,7-9H,5-6H2,1H3. The topological polar surface area (TPSA) is 113 Å². The monoisotopic (exact) mass is 136 g/mol. The molecule has 9 heavy (non-hydrogen) atoms. The summed E-state index contributed by atoms with van der Waals surface area (Å²) in [7, 11) is 0. The molecule has 0 aliphatic rings. The lowest BCUT2D eigenvalue weighted by Crippen LogP contribution is -2.56. The molecule has 0 aromatic heterocycles. The number of hydrogen-bond donors (Lipinski definition) is 5. The van der Waals surface area contributed by atoms with Crippen molar-refractivity contribution in [1.29, 1.82) is 0 Å². The van der Waals surface area contributed by atoms with Crippen molar-refractivity contribution in [2.24, 2.45) is 11.5 Å². The summed E-state index contributed by atoms with van der Waals surface area (Å²) in [5.41, 5.74) is 7.89. The van der Waals surface area contributed by atoms with Crippen LogP contribution in [0.4, 0.5) is 0 Å². The average molecular weight is 136 g/mol. The molecular weight excluding hydrogens is 124 g/mol. The molecule has 5 heteroatoms. The van der Waals surface area contributed by atoms with Crippen molar-refractivity contribution in [2.75, 3.05) is 0 Å². The summed E-state index contributed by atoms with van der Waals surface area (Å²) >= 11 is 0. The number of hydrogen-bond acceptors (Lipinski definition) is 5. The van der Waals surface area contributed by atoms with Crippen LogP contribution in [-0.4, -0.2) is 33.4 Å². The van der Waals surface area contributed by atoms with Crippen LogP contribution in [0.15, 0.2) is 0 Å². The molecule has 3 unspecified atom stereocenters. The summed E-state index contributed by atoms with van der Waals surface area (Å²) in [6.07, 6.45) is -3.03. The van der Waals surface area contributed by atoms with Crippen LogP contribution in [0.25, 0.3) is 0 Å². The number of aliphatic hydroxyl groups is 3. The Hall–Kier alpha value is -0.200. The van der Waals surface area contributed by atoms with Gasteiger partial charge in [-0.25, -0.2) is 0 Å². The van der Waals surface area contributed by atoms with Crippen molar-refractivity contribution in [3.8, 4) is 0 Å². The van der Waals surface area contributed by atoms with E-state index in [1.165, 1.54) is 0 Å². The maximum atomic E-state index is 8.74. The van der Waals surface area contributed by atoms with Crippen LogP contribution in [0.3, 0.4) is 0 Å². The van der Waals surface area contributed by atoms with Gasteiger partial charge in [-0.2, -0.15) is 0 Å². The molecule has 0 fully saturated rings. The van der Waals surface area contributed by atoms with Gasteiger partial charge in [0, 0.05) is 0 Å². The Bertz CT molecular complexity index is 88.3. The normalized spacial score (nSPS) is 24.7. The highest BCUT2D eigenvalue weighted by Crippen LogP contribution is 2.01. The first-order valence-electron chi connectivity index (χ1n) is 2.48. The summed E-state index contributed by atoms with van der Waals surface area (Å²) in [5.74, 6) is 0. The minimum atomic E-state index is -1.84. The Morgan fingerprint density at radius 3 is 1.78 bits per heavy atom. The van der Waals surface area contributed by atoms with Gasteiger partial charge in [0.15, 0.2) is 0 Å². The van der Waals surface area contributed by atoms with Crippen molar-refractivity contribution in [1.82, 2.24) is 0 Å².